The van der Waals surface area contributed by atoms with E-state index >= 15 is 0 Å². The lowest BCUT2D eigenvalue weighted by Crippen LogP contribution is -2.48. The zero-order chi connectivity index (χ0) is 21.3. The second kappa shape index (κ2) is 8.19. The molecule has 1 saturated carbocycles. The minimum absolute atomic E-state index is 0.0868. The summed E-state index contributed by atoms with van der Waals surface area (Å²) in [6, 6.07) is 16.2. The second-order valence-corrected chi connectivity index (χ2v) is 8.48. The molecule has 2 aromatic heterocycles. The summed E-state index contributed by atoms with van der Waals surface area (Å²) in [4.78, 5) is 28.0. The van der Waals surface area contributed by atoms with Gasteiger partial charge >= 0.3 is 0 Å². The van der Waals surface area contributed by atoms with Crippen LogP contribution in [0.15, 0.2) is 54.7 Å². The zero-order valence-electron chi connectivity index (χ0n) is 17.7. The van der Waals surface area contributed by atoms with Crippen LogP contribution in [0.3, 0.4) is 0 Å². The summed E-state index contributed by atoms with van der Waals surface area (Å²) in [5.41, 5.74) is 3.59. The number of anilines is 2. The number of hydrogen-bond donors (Lipinski definition) is 0. The van der Waals surface area contributed by atoms with E-state index < -0.39 is 5.41 Å². The molecule has 1 aliphatic carbocycles. The highest BCUT2D eigenvalue weighted by molar-refractivity contribution is 5.71. The maximum absolute atomic E-state index is 12.1. The smallest absolute Gasteiger partial charge is 0.136 e. The molecule has 5 rings (SSSR count). The minimum atomic E-state index is -0.538. The number of carbonyl (C=O) groups is 1. The molecule has 31 heavy (non-hydrogen) atoms. The van der Waals surface area contributed by atoms with Gasteiger partial charge in [0, 0.05) is 12.7 Å². The van der Waals surface area contributed by atoms with Crippen LogP contribution in [0.1, 0.15) is 42.0 Å². The number of hydrogen-bond acceptors (Lipinski definition) is 6. The molecule has 0 unspecified atom stereocenters. The third kappa shape index (κ3) is 3.83. The second-order valence-electron chi connectivity index (χ2n) is 8.48. The van der Waals surface area contributed by atoms with Gasteiger partial charge < -0.3 is 14.4 Å². The van der Waals surface area contributed by atoms with Crippen molar-refractivity contribution in [1.82, 2.24) is 15.0 Å². The summed E-state index contributed by atoms with van der Waals surface area (Å²) in [7, 11) is 0. The van der Waals surface area contributed by atoms with Crippen molar-refractivity contribution < 1.29 is 9.53 Å². The molecule has 1 aromatic carbocycles. The lowest BCUT2D eigenvalue weighted by atomic mass is 9.65. The molecule has 6 heteroatoms. The Bertz CT molecular complexity index is 1080. The number of rotatable bonds is 6. The van der Waals surface area contributed by atoms with E-state index in [-0.39, 0.29) is 6.10 Å². The first-order valence-electron chi connectivity index (χ1n) is 10.9. The van der Waals surface area contributed by atoms with E-state index in [0.717, 1.165) is 60.0 Å². The molecule has 158 valence electrons. The third-order valence-electron chi connectivity index (χ3n) is 6.32. The van der Waals surface area contributed by atoms with Gasteiger partial charge in [-0.15, -0.1) is 0 Å². The van der Waals surface area contributed by atoms with E-state index in [9.17, 15) is 4.79 Å². The van der Waals surface area contributed by atoms with Crippen molar-refractivity contribution in [3.63, 3.8) is 0 Å². The number of aldehydes is 1. The number of fused-ring (bicyclic) bond motifs is 1. The molecule has 2 aliphatic rings. The summed E-state index contributed by atoms with van der Waals surface area (Å²) in [5, 5.41) is 0. The topological polar surface area (TPSA) is 68.2 Å². The normalized spacial score (nSPS) is 22.5. The molecular formula is C25H26N4O2. The first-order chi connectivity index (χ1) is 15.2. The first-order valence-corrected chi connectivity index (χ1v) is 10.9. The maximum atomic E-state index is 12.1. The quantitative estimate of drug-likeness (QED) is 0.566. The molecule has 0 radical (unpaired) electrons. The van der Waals surface area contributed by atoms with Gasteiger partial charge in [0.25, 0.3) is 0 Å². The van der Waals surface area contributed by atoms with Crippen molar-refractivity contribution in [3.8, 4) is 0 Å². The summed E-state index contributed by atoms with van der Waals surface area (Å²) in [5.74, 6) is 1.65. The van der Waals surface area contributed by atoms with Gasteiger partial charge in [-0.3, -0.25) is 4.98 Å². The number of aryl methyl sites for hydroxylation is 2. The Labute approximate surface area is 182 Å². The van der Waals surface area contributed by atoms with Gasteiger partial charge in [-0.25, -0.2) is 9.97 Å². The Kier molecular flexibility index (Phi) is 5.24. The number of benzene rings is 1. The molecule has 0 spiro atoms. The molecule has 0 atom stereocenters. The van der Waals surface area contributed by atoms with E-state index in [1.807, 2.05) is 37.3 Å². The number of aromatic nitrogens is 3. The van der Waals surface area contributed by atoms with Crippen LogP contribution in [0.2, 0.25) is 0 Å². The first kappa shape index (κ1) is 19.8. The van der Waals surface area contributed by atoms with Crippen molar-refractivity contribution in [1.29, 1.82) is 0 Å². The van der Waals surface area contributed by atoms with E-state index in [4.69, 9.17) is 9.72 Å². The fourth-order valence-corrected chi connectivity index (χ4v) is 4.58. The molecule has 0 N–H and O–H groups in total. The fraction of sp³-hybridized carbons (Fsp3) is 0.360. The molecule has 6 nitrogen and oxygen atoms in total. The highest BCUT2D eigenvalue weighted by atomic mass is 16.5. The highest BCUT2D eigenvalue weighted by Crippen LogP contribution is 2.44. The van der Waals surface area contributed by atoms with Gasteiger partial charge in [-0.05, 0) is 56.4 Å². The Morgan fingerprint density at radius 1 is 1.13 bits per heavy atom. The number of nitrogens with zero attached hydrogens (tertiary/aromatic N) is 4. The van der Waals surface area contributed by atoms with Crippen molar-refractivity contribution in [2.24, 2.45) is 0 Å². The van der Waals surface area contributed by atoms with Gasteiger partial charge in [0.05, 0.1) is 35.2 Å². The highest BCUT2D eigenvalue weighted by Gasteiger charge is 2.47. The maximum Gasteiger partial charge on any atom is 0.136 e. The Balaban J connectivity index is 1.32. The van der Waals surface area contributed by atoms with Crippen molar-refractivity contribution in [3.05, 3.63) is 77.5 Å². The fourth-order valence-electron chi connectivity index (χ4n) is 4.58. The van der Waals surface area contributed by atoms with Gasteiger partial charge in [0.1, 0.15) is 17.9 Å². The zero-order valence-corrected chi connectivity index (χ0v) is 17.7. The van der Waals surface area contributed by atoms with Crippen LogP contribution in [-0.2, 0) is 28.0 Å². The van der Waals surface area contributed by atoms with Crippen molar-refractivity contribution in [2.45, 2.75) is 50.7 Å². The van der Waals surface area contributed by atoms with E-state index in [2.05, 4.69) is 33.1 Å². The predicted octanol–water partition coefficient (Wildman–Crippen LogP) is 4.08. The lowest BCUT2D eigenvalue weighted by Gasteiger charge is -2.43. The molecular weight excluding hydrogens is 388 g/mol. The molecule has 3 heterocycles. The lowest BCUT2D eigenvalue weighted by molar-refractivity contribution is -0.124. The van der Waals surface area contributed by atoms with Crippen LogP contribution in [0.25, 0.3) is 0 Å². The molecule has 0 bridgehead atoms. The third-order valence-corrected chi connectivity index (χ3v) is 6.32. The SMILES string of the molecule is Cc1nccc(N2CCCc3nc(C4(C=O)CC(OCc5ccccc5)C4)ccc32)n1. The van der Waals surface area contributed by atoms with Crippen LogP contribution in [0, 0.1) is 6.92 Å². The molecule has 0 saturated heterocycles. The minimum Gasteiger partial charge on any atom is -0.373 e. The molecule has 0 amide bonds. The summed E-state index contributed by atoms with van der Waals surface area (Å²) >= 11 is 0. The number of carbonyl (C=O) groups excluding carboxylic acids is 1. The van der Waals surface area contributed by atoms with Crippen LogP contribution >= 0.6 is 0 Å². The summed E-state index contributed by atoms with van der Waals surface area (Å²) in [6.07, 6.45) is 6.23. The van der Waals surface area contributed by atoms with Crippen molar-refractivity contribution in [2.75, 3.05) is 11.4 Å². The summed E-state index contributed by atoms with van der Waals surface area (Å²) in [6.45, 7) is 3.38. The van der Waals surface area contributed by atoms with Crippen LogP contribution in [0.5, 0.6) is 0 Å². The standard InChI is InChI=1S/C25H26N4O2/c1-18-26-12-11-24(27-18)29-13-5-8-21-22(29)9-10-23(28-21)25(17-30)14-20(15-25)31-16-19-6-3-2-4-7-19/h2-4,6-7,9-12,17,20H,5,8,13-16H2,1H3. The Hall–Kier alpha value is -3.12. The van der Waals surface area contributed by atoms with E-state index in [1.54, 1.807) is 6.20 Å². The Morgan fingerprint density at radius 2 is 1.97 bits per heavy atom. The van der Waals surface area contributed by atoms with E-state index in [0.29, 0.717) is 19.4 Å². The monoisotopic (exact) mass is 414 g/mol. The Morgan fingerprint density at radius 3 is 2.74 bits per heavy atom. The molecule has 1 fully saturated rings. The van der Waals surface area contributed by atoms with Crippen LogP contribution in [0.4, 0.5) is 11.5 Å². The number of ether oxygens (including phenoxy) is 1. The average molecular weight is 415 g/mol. The summed E-state index contributed by atoms with van der Waals surface area (Å²) < 4.78 is 6.03. The van der Waals surface area contributed by atoms with Gasteiger partial charge in [0.15, 0.2) is 0 Å². The average Bonchev–Trinajstić information content (AvgIpc) is 2.78. The van der Waals surface area contributed by atoms with Crippen molar-refractivity contribution >= 4 is 17.8 Å². The predicted molar refractivity (Wildman–Crippen MR) is 118 cm³/mol. The molecule has 1 aliphatic heterocycles. The number of pyridine rings is 1. The van der Waals surface area contributed by atoms with Gasteiger partial charge in [-0.1, -0.05) is 30.3 Å². The van der Waals surface area contributed by atoms with Crippen LogP contribution in [-0.4, -0.2) is 33.9 Å². The van der Waals surface area contributed by atoms with Gasteiger partial charge in [0.2, 0.25) is 0 Å². The van der Waals surface area contributed by atoms with Gasteiger partial charge in [-0.2, -0.15) is 0 Å². The van der Waals surface area contributed by atoms with E-state index in [1.165, 1.54) is 0 Å². The van der Waals surface area contributed by atoms with Crippen LogP contribution < -0.4 is 4.90 Å². The largest absolute Gasteiger partial charge is 0.373 e. The molecule has 3 aromatic rings.